The fourth-order valence-corrected chi connectivity index (χ4v) is 6.41. The Kier molecular flexibility index (Phi) is 11.0. The van der Waals surface area contributed by atoms with Gasteiger partial charge in [0.15, 0.2) is 0 Å². The Hall–Kier alpha value is -6.26. The van der Waals surface area contributed by atoms with E-state index in [1.54, 1.807) is 37.3 Å². The number of nitrogens with one attached hydrogen (secondary N) is 4. The fourth-order valence-electron chi connectivity index (χ4n) is 4.56. The van der Waals surface area contributed by atoms with Gasteiger partial charge in [-0.2, -0.15) is 16.8 Å². The molecule has 5 rings (SSSR count). The molecule has 51 heavy (non-hydrogen) atoms. The molecular weight excluding hydrogens is 701 g/mol. The molecular formula is C35H32N4O10S2. The van der Waals surface area contributed by atoms with Crippen LogP contribution in [-0.4, -0.2) is 43.1 Å². The van der Waals surface area contributed by atoms with Gasteiger partial charge >= 0.3 is 32.3 Å². The summed E-state index contributed by atoms with van der Waals surface area (Å²) in [5.41, 5.74) is 1.78. The number of hydrogen-bond donors (Lipinski definition) is 4. The van der Waals surface area contributed by atoms with Crippen molar-refractivity contribution in [3.63, 3.8) is 0 Å². The Balaban J connectivity index is 1.18. The van der Waals surface area contributed by atoms with Crippen molar-refractivity contribution in [1.29, 1.82) is 0 Å². The number of amides is 4. The molecule has 0 aliphatic rings. The van der Waals surface area contributed by atoms with E-state index in [1.807, 2.05) is 0 Å². The van der Waals surface area contributed by atoms with E-state index in [-0.39, 0.29) is 32.7 Å². The van der Waals surface area contributed by atoms with Crippen LogP contribution >= 0.6 is 0 Å². The highest BCUT2D eigenvalue weighted by molar-refractivity contribution is 7.87. The van der Waals surface area contributed by atoms with Crippen LogP contribution in [0.2, 0.25) is 0 Å². The summed E-state index contributed by atoms with van der Waals surface area (Å²) in [6.07, 6.45) is 0. The van der Waals surface area contributed by atoms with Gasteiger partial charge in [-0.1, -0.05) is 18.2 Å². The molecule has 4 amide bonds. The Labute approximate surface area is 294 Å². The van der Waals surface area contributed by atoms with Gasteiger partial charge in [0, 0.05) is 34.9 Å². The van der Waals surface area contributed by atoms with Crippen molar-refractivity contribution in [2.75, 3.05) is 35.5 Å². The van der Waals surface area contributed by atoms with Gasteiger partial charge in [0.25, 0.3) is 0 Å². The standard InChI is InChI=1S/C35H32N4O10S2/c1-23-32(38-34(40)36-24-7-4-9-28(21-24)48-50(42,43)30-17-13-26(46-2)14-18-30)11-6-12-33(23)39-35(41)37-25-8-5-10-29(22-25)49-51(44,45)31-19-15-27(47-3)16-20-31/h4-22H,1-3H3,(H2,36,38,40)(H2,37,39,41). The van der Waals surface area contributed by atoms with Gasteiger partial charge in [-0.15, -0.1) is 0 Å². The van der Waals surface area contributed by atoms with Gasteiger partial charge in [-0.25, -0.2) is 9.59 Å². The van der Waals surface area contributed by atoms with Crippen LogP contribution in [0.3, 0.4) is 0 Å². The van der Waals surface area contributed by atoms with Crippen molar-refractivity contribution >= 4 is 55.0 Å². The summed E-state index contributed by atoms with van der Waals surface area (Å²) < 4.78 is 71.5. The molecule has 0 aliphatic heterocycles. The maximum atomic E-state index is 12.9. The van der Waals surface area contributed by atoms with Gasteiger partial charge in [0.05, 0.1) is 14.2 Å². The van der Waals surface area contributed by atoms with E-state index < -0.39 is 32.3 Å². The summed E-state index contributed by atoms with van der Waals surface area (Å²) in [6, 6.07) is 26.7. The van der Waals surface area contributed by atoms with Crippen molar-refractivity contribution in [3.05, 3.63) is 121 Å². The first kappa shape index (κ1) is 36.0. The molecule has 0 spiro atoms. The van der Waals surface area contributed by atoms with Gasteiger partial charge in [-0.3, -0.25) is 0 Å². The molecule has 0 bridgehead atoms. The number of methoxy groups -OCH3 is 2. The van der Waals surface area contributed by atoms with E-state index in [4.69, 9.17) is 17.8 Å². The Bertz CT molecular complexity index is 2110. The molecule has 0 unspecified atom stereocenters. The maximum absolute atomic E-state index is 12.9. The van der Waals surface area contributed by atoms with E-state index in [0.717, 1.165) is 0 Å². The lowest BCUT2D eigenvalue weighted by Crippen LogP contribution is -2.22. The molecule has 0 heterocycles. The third-order valence-electron chi connectivity index (χ3n) is 7.12. The molecule has 0 saturated heterocycles. The van der Waals surface area contributed by atoms with E-state index in [2.05, 4.69) is 21.3 Å². The third-order valence-corrected chi connectivity index (χ3v) is 9.64. The Morgan fingerprint density at radius 1 is 0.490 bits per heavy atom. The van der Waals surface area contributed by atoms with E-state index in [0.29, 0.717) is 28.4 Å². The van der Waals surface area contributed by atoms with Crippen LogP contribution in [0.5, 0.6) is 23.0 Å². The van der Waals surface area contributed by atoms with Crippen LogP contribution in [0.4, 0.5) is 32.3 Å². The zero-order chi connectivity index (χ0) is 36.6. The lowest BCUT2D eigenvalue weighted by molar-refractivity contribution is 0.261. The zero-order valence-electron chi connectivity index (χ0n) is 27.4. The number of anilines is 4. The second kappa shape index (κ2) is 15.5. The molecule has 0 aromatic heterocycles. The highest BCUT2D eigenvalue weighted by Gasteiger charge is 2.19. The summed E-state index contributed by atoms with van der Waals surface area (Å²) >= 11 is 0. The molecule has 4 N–H and O–H groups in total. The lowest BCUT2D eigenvalue weighted by atomic mass is 10.1. The minimum Gasteiger partial charge on any atom is -0.497 e. The van der Waals surface area contributed by atoms with Crippen LogP contribution < -0.4 is 39.1 Å². The predicted molar refractivity (Wildman–Crippen MR) is 191 cm³/mol. The van der Waals surface area contributed by atoms with Gasteiger partial charge in [0.1, 0.15) is 32.8 Å². The van der Waals surface area contributed by atoms with Crippen molar-refractivity contribution < 1.29 is 44.3 Å². The minimum atomic E-state index is -4.15. The van der Waals surface area contributed by atoms with E-state index >= 15 is 0 Å². The molecule has 16 heteroatoms. The topological polar surface area (TPSA) is 187 Å². The lowest BCUT2D eigenvalue weighted by Gasteiger charge is -2.15. The number of rotatable bonds is 12. The molecule has 0 fully saturated rings. The molecule has 0 atom stereocenters. The number of benzene rings is 5. The number of ether oxygens (including phenoxy) is 2. The van der Waals surface area contributed by atoms with Crippen molar-refractivity contribution in [2.24, 2.45) is 0 Å². The second-order valence-electron chi connectivity index (χ2n) is 10.6. The molecule has 0 saturated carbocycles. The molecule has 14 nitrogen and oxygen atoms in total. The summed E-state index contributed by atoms with van der Waals surface area (Å²) in [7, 11) is -5.37. The first-order valence-electron chi connectivity index (χ1n) is 15.0. The molecule has 5 aromatic rings. The molecule has 264 valence electrons. The summed E-state index contributed by atoms with van der Waals surface area (Å²) in [5, 5.41) is 10.7. The summed E-state index contributed by atoms with van der Waals surface area (Å²) in [6.45, 7) is 1.68. The first-order valence-corrected chi connectivity index (χ1v) is 17.8. The van der Waals surface area contributed by atoms with E-state index in [9.17, 15) is 26.4 Å². The number of hydrogen-bond acceptors (Lipinski definition) is 10. The van der Waals surface area contributed by atoms with Crippen LogP contribution in [0.25, 0.3) is 0 Å². The average Bonchev–Trinajstić information content (AvgIpc) is 3.10. The van der Waals surface area contributed by atoms with Crippen LogP contribution in [0.1, 0.15) is 5.56 Å². The number of carbonyl (C=O) groups excluding carboxylic acids is 2. The van der Waals surface area contributed by atoms with Crippen molar-refractivity contribution in [3.8, 4) is 23.0 Å². The first-order chi connectivity index (χ1) is 24.3. The predicted octanol–water partition coefficient (Wildman–Crippen LogP) is 6.84. The number of urea groups is 2. The van der Waals surface area contributed by atoms with Crippen molar-refractivity contribution in [2.45, 2.75) is 16.7 Å². The molecule has 5 aromatic carbocycles. The summed E-state index contributed by atoms with van der Waals surface area (Å²) in [5.74, 6) is 0.934. The average molecular weight is 733 g/mol. The number of carbonyl (C=O) groups is 2. The van der Waals surface area contributed by atoms with Crippen molar-refractivity contribution in [1.82, 2.24) is 0 Å². The maximum Gasteiger partial charge on any atom is 0.339 e. The normalized spacial score (nSPS) is 11.1. The largest absolute Gasteiger partial charge is 0.497 e. The van der Waals surface area contributed by atoms with Crippen LogP contribution in [0.15, 0.2) is 125 Å². The minimum absolute atomic E-state index is 0.0204. The van der Waals surface area contributed by atoms with Gasteiger partial charge < -0.3 is 39.1 Å². The fraction of sp³-hybridized carbons (Fsp3) is 0.0857. The highest BCUT2D eigenvalue weighted by atomic mass is 32.2. The Morgan fingerprint density at radius 2 is 0.863 bits per heavy atom. The monoisotopic (exact) mass is 732 g/mol. The third kappa shape index (κ3) is 9.46. The smallest absolute Gasteiger partial charge is 0.339 e. The second-order valence-corrected chi connectivity index (χ2v) is 13.7. The zero-order valence-corrected chi connectivity index (χ0v) is 29.0. The van der Waals surface area contributed by atoms with Crippen LogP contribution in [-0.2, 0) is 20.2 Å². The van der Waals surface area contributed by atoms with E-state index in [1.165, 1.54) is 99.1 Å². The molecule has 0 aliphatic carbocycles. The van der Waals surface area contributed by atoms with Gasteiger partial charge in [-0.05, 0) is 97.4 Å². The quantitative estimate of drug-likeness (QED) is 0.0990. The van der Waals surface area contributed by atoms with Gasteiger partial charge in [0.2, 0.25) is 0 Å². The highest BCUT2D eigenvalue weighted by Crippen LogP contribution is 2.27. The molecule has 0 radical (unpaired) electrons. The summed E-state index contributed by atoms with van der Waals surface area (Å²) in [4.78, 5) is 25.6. The SMILES string of the molecule is COc1ccc(S(=O)(=O)Oc2cccc(NC(=O)Nc3cccc(NC(=O)Nc4cccc(OS(=O)(=O)c5ccc(OC)cc5)c4)c3C)c2)cc1. The van der Waals surface area contributed by atoms with Crippen LogP contribution in [0, 0.1) is 6.92 Å². The Morgan fingerprint density at radius 3 is 1.24 bits per heavy atom.